The van der Waals surface area contributed by atoms with Gasteiger partial charge in [-0.1, -0.05) is 0 Å². The summed E-state index contributed by atoms with van der Waals surface area (Å²) in [6, 6.07) is 0.206. The van der Waals surface area contributed by atoms with E-state index in [-0.39, 0.29) is 31.2 Å². The predicted molar refractivity (Wildman–Crippen MR) is 76.0 cm³/mol. The Balaban J connectivity index is 2.85. The van der Waals surface area contributed by atoms with Crippen molar-refractivity contribution in [3.8, 4) is 6.01 Å². The SMILES string of the molecule is CCNc1nc(NCC(C)(O)CO)nc(OC(C)C)n1. The molecule has 0 amide bonds. The van der Waals surface area contributed by atoms with Crippen molar-refractivity contribution in [1.82, 2.24) is 15.0 Å². The Bertz CT molecular complexity index is 426. The maximum Gasteiger partial charge on any atom is 0.323 e. The number of aliphatic hydroxyl groups is 2. The van der Waals surface area contributed by atoms with Crippen molar-refractivity contribution >= 4 is 11.9 Å². The van der Waals surface area contributed by atoms with Crippen molar-refractivity contribution in [2.24, 2.45) is 0 Å². The average molecular weight is 285 g/mol. The zero-order valence-corrected chi connectivity index (χ0v) is 12.3. The molecule has 1 heterocycles. The Kier molecular flexibility index (Phi) is 5.90. The fraction of sp³-hybridized carbons (Fsp3) is 0.750. The fourth-order valence-electron chi connectivity index (χ4n) is 1.26. The lowest BCUT2D eigenvalue weighted by molar-refractivity contribution is 0.0131. The van der Waals surface area contributed by atoms with Crippen LogP contribution >= 0.6 is 0 Å². The second-order valence-electron chi connectivity index (χ2n) is 4.97. The first-order valence-corrected chi connectivity index (χ1v) is 6.60. The van der Waals surface area contributed by atoms with E-state index in [1.165, 1.54) is 6.92 Å². The number of anilines is 2. The quantitative estimate of drug-likeness (QED) is 0.537. The van der Waals surface area contributed by atoms with Gasteiger partial charge in [0.2, 0.25) is 11.9 Å². The zero-order valence-electron chi connectivity index (χ0n) is 12.3. The van der Waals surface area contributed by atoms with Gasteiger partial charge >= 0.3 is 6.01 Å². The molecule has 1 aromatic heterocycles. The molecule has 20 heavy (non-hydrogen) atoms. The van der Waals surface area contributed by atoms with Gasteiger partial charge in [-0.2, -0.15) is 15.0 Å². The summed E-state index contributed by atoms with van der Waals surface area (Å²) >= 11 is 0. The van der Waals surface area contributed by atoms with Gasteiger partial charge in [0.25, 0.3) is 0 Å². The molecule has 0 aliphatic carbocycles. The van der Waals surface area contributed by atoms with E-state index >= 15 is 0 Å². The minimum absolute atomic E-state index is 0.0553. The number of aliphatic hydroxyl groups excluding tert-OH is 1. The van der Waals surface area contributed by atoms with Gasteiger partial charge < -0.3 is 25.6 Å². The van der Waals surface area contributed by atoms with Crippen molar-refractivity contribution < 1.29 is 14.9 Å². The summed E-state index contributed by atoms with van der Waals surface area (Å²) in [6.45, 7) is 7.61. The standard InChI is InChI=1S/C12H23N5O3/c1-5-13-9-15-10(14-6-12(4,19)7-18)17-11(16-9)20-8(2)3/h8,18-19H,5-7H2,1-4H3,(H2,13,14,15,16,17). The number of nitrogens with one attached hydrogen (secondary N) is 2. The molecule has 0 fully saturated rings. The molecule has 4 N–H and O–H groups in total. The van der Waals surface area contributed by atoms with E-state index in [2.05, 4.69) is 25.6 Å². The lowest BCUT2D eigenvalue weighted by Crippen LogP contribution is -2.37. The van der Waals surface area contributed by atoms with Crippen molar-refractivity contribution in [3.63, 3.8) is 0 Å². The minimum atomic E-state index is -1.25. The van der Waals surface area contributed by atoms with E-state index in [0.29, 0.717) is 12.5 Å². The van der Waals surface area contributed by atoms with Crippen LogP contribution in [0.25, 0.3) is 0 Å². The highest BCUT2D eigenvalue weighted by Gasteiger charge is 2.19. The molecular formula is C12H23N5O3. The first-order valence-electron chi connectivity index (χ1n) is 6.60. The first kappa shape index (κ1) is 16.4. The first-order chi connectivity index (χ1) is 9.36. The molecule has 0 saturated heterocycles. The third kappa shape index (κ3) is 5.54. The van der Waals surface area contributed by atoms with Crippen molar-refractivity contribution in [2.75, 3.05) is 30.3 Å². The molecule has 1 atom stereocenters. The second kappa shape index (κ2) is 7.20. The number of nitrogens with zero attached hydrogens (tertiary/aromatic N) is 3. The van der Waals surface area contributed by atoms with Crippen LogP contribution in [0.5, 0.6) is 6.01 Å². The molecule has 1 rings (SSSR count). The third-order valence-electron chi connectivity index (χ3n) is 2.26. The van der Waals surface area contributed by atoms with E-state index in [1.54, 1.807) is 0 Å². The molecule has 0 aliphatic heterocycles. The van der Waals surface area contributed by atoms with E-state index in [4.69, 9.17) is 9.84 Å². The van der Waals surface area contributed by atoms with Gasteiger partial charge in [0.15, 0.2) is 0 Å². The highest BCUT2D eigenvalue weighted by Crippen LogP contribution is 2.13. The lowest BCUT2D eigenvalue weighted by Gasteiger charge is -2.20. The highest BCUT2D eigenvalue weighted by atomic mass is 16.5. The lowest BCUT2D eigenvalue weighted by atomic mass is 10.1. The molecule has 114 valence electrons. The maximum atomic E-state index is 9.74. The number of rotatable bonds is 8. The summed E-state index contributed by atoms with van der Waals surface area (Å²) in [4.78, 5) is 12.4. The number of ether oxygens (including phenoxy) is 1. The summed E-state index contributed by atoms with van der Waals surface area (Å²) < 4.78 is 5.45. The van der Waals surface area contributed by atoms with Gasteiger partial charge in [0.05, 0.1) is 12.7 Å². The maximum absolute atomic E-state index is 9.74. The van der Waals surface area contributed by atoms with Crippen LogP contribution in [0.2, 0.25) is 0 Å². The Morgan fingerprint density at radius 2 is 1.80 bits per heavy atom. The van der Waals surface area contributed by atoms with Gasteiger partial charge in [0.1, 0.15) is 5.60 Å². The molecule has 0 saturated carbocycles. The molecule has 0 aromatic carbocycles. The molecule has 1 aromatic rings. The van der Waals surface area contributed by atoms with Crippen LogP contribution in [0.15, 0.2) is 0 Å². The zero-order chi connectivity index (χ0) is 15.2. The van der Waals surface area contributed by atoms with Crippen molar-refractivity contribution in [3.05, 3.63) is 0 Å². The normalized spacial score (nSPS) is 13.9. The van der Waals surface area contributed by atoms with Crippen LogP contribution in [-0.4, -0.2) is 56.6 Å². The average Bonchev–Trinajstić information content (AvgIpc) is 2.36. The van der Waals surface area contributed by atoms with Crippen LogP contribution < -0.4 is 15.4 Å². The number of hydrogen-bond acceptors (Lipinski definition) is 8. The van der Waals surface area contributed by atoms with E-state index in [1.807, 2.05) is 20.8 Å². The smallest absolute Gasteiger partial charge is 0.323 e. The molecule has 0 radical (unpaired) electrons. The van der Waals surface area contributed by atoms with Crippen LogP contribution in [0, 0.1) is 0 Å². The molecular weight excluding hydrogens is 262 g/mol. The van der Waals surface area contributed by atoms with E-state index < -0.39 is 5.60 Å². The topological polar surface area (TPSA) is 112 Å². The Morgan fingerprint density at radius 1 is 1.20 bits per heavy atom. The summed E-state index contributed by atoms with van der Waals surface area (Å²) in [6.07, 6.45) is -0.0553. The van der Waals surface area contributed by atoms with Crippen LogP contribution in [0.1, 0.15) is 27.7 Å². The largest absolute Gasteiger partial charge is 0.461 e. The second-order valence-corrected chi connectivity index (χ2v) is 4.97. The number of hydrogen-bond donors (Lipinski definition) is 4. The minimum Gasteiger partial charge on any atom is -0.461 e. The van der Waals surface area contributed by atoms with Crippen molar-refractivity contribution in [1.29, 1.82) is 0 Å². The summed E-state index contributed by atoms with van der Waals surface area (Å²) in [5, 5.41) is 24.6. The van der Waals surface area contributed by atoms with Crippen LogP contribution in [0.3, 0.4) is 0 Å². The van der Waals surface area contributed by atoms with Gasteiger partial charge in [-0.15, -0.1) is 0 Å². The molecule has 8 heteroatoms. The monoisotopic (exact) mass is 285 g/mol. The molecule has 0 bridgehead atoms. The van der Waals surface area contributed by atoms with Gasteiger partial charge in [0, 0.05) is 13.1 Å². The Morgan fingerprint density at radius 3 is 2.30 bits per heavy atom. The van der Waals surface area contributed by atoms with Crippen LogP contribution in [-0.2, 0) is 0 Å². The summed E-state index contributed by atoms with van der Waals surface area (Å²) in [5.41, 5.74) is -1.25. The fourth-order valence-corrected chi connectivity index (χ4v) is 1.26. The third-order valence-corrected chi connectivity index (χ3v) is 2.26. The Labute approximate surface area is 118 Å². The molecule has 0 spiro atoms. The molecule has 0 aliphatic rings. The summed E-state index contributed by atoms with van der Waals surface area (Å²) in [5.74, 6) is 0.671. The van der Waals surface area contributed by atoms with Gasteiger partial charge in [-0.3, -0.25) is 0 Å². The van der Waals surface area contributed by atoms with Crippen LogP contribution in [0.4, 0.5) is 11.9 Å². The number of aromatic nitrogens is 3. The Hall–Kier alpha value is -1.67. The van der Waals surface area contributed by atoms with E-state index in [9.17, 15) is 5.11 Å². The predicted octanol–water partition coefficient (Wildman–Crippen LogP) is 0.246. The summed E-state index contributed by atoms with van der Waals surface area (Å²) in [7, 11) is 0. The molecule has 1 unspecified atom stereocenters. The van der Waals surface area contributed by atoms with Gasteiger partial charge in [-0.05, 0) is 27.7 Å². The van der Waals surface area contributed by atoms with E-state index in [0.717, 1.165) is 0 Å². The van der Waals surface area contributed by atoms with Gasteiger partial charge in [-0.25, -0.2) is 0 Å². The highest BCUT2D eigenvalue weighted by molar-refractivity contribution is 5.36. The molecule has 8 nitrogen and oxygen atoms in total. The van der Waals surface area contributed by atoms with Crippen molar-refractivity contribution in [2.45, 2.75) is 39.4 Å².